The standard InChI is InChI=1S/C17H21N3O/c1-14-13-21-11-10-20(14)17-7-5-15(6-8-17)19-12-16-4-2-3-9-18-16/h2-9,14,19H,10-13H2,1H3. The topological polar surface area (TPSA) is 37.4 Å². The van der Waals surface area contributed by atoms with Gasteiger partial charge in [-0.15, -0.1) is 0 Å². The normalized spacial score (nSPS) is 18.5. The third-order valence-electron chi connectivity index (χ3n) is 3.77. The maximum Gasteiger partial charge on any atom is 0.0668 e. The molecule has 4 nitrogen and oxygen atoms in total. The molecule has 1 saturated heterocycles. The number of benzene rings is 1. The van der Waals surface area contributed by atoms with Gasteiger partial charge in [0.05, 0.1) is 25.5 Å². The van der Waals surface area contributed by atoms with E-state index in [1.165, 1.54) is 5.69 Å². The zero-order chi connectivity index (χ0) is 14.5. The minimum atomic E-state index is 0.436. The molecule has 1 aromatic carbocycles. The second-order valence-electron chi connectivity index (χ2n) is 5.34. The first-order valence-electron chi connectivity index (χ1n) is 7.41. The second-order valence-corrected chi connectivity index (χ2v) is 5.34. The molecule has 1 fully saturated rings. The van der Waals surface area contributed by atoms with Gasteiger partial charge in [-0.2, -0.15) is 0 Å². The lowest BCUT2D eigenvalue weighted by Gasteiger charge is -2.35. The first-order chi connectivity index (χ1) is 10.3. The van der Waals surface area contributed by atoms with E-state index in [1.54, 1.807) is 0 Å². The van der Waals surface area contributed by atoms with Crippen LogP contribution in [0.15, 0.2) is 48.7 Å². The van der Waals surface area contributed by atoms with Gasteiger partial charge >= 0.3 is 0 Å². The van der Waals surface area contributed by atoms with Crippen LogP contribution in [0.3, 0.4) is 0 Å². The van der Waals surface area contributed by atoms with Gasteiger partial charge in [-0.3, -0.25) is 4.98 Å². The molecule has 0 aliphatic carbocycles. The third-order valence-corrected chi connectivity index (χ3v) is 3.77. The quantitative estimate of drug-likeness (QED) is 0.936. The molecular formula is C17H21N3O. The van der Waals surface area contributed by atoms with Crippen LogP contribution in [0.1, 0.15) is 12.6 Å². The van der Waals surface area contributed by atoms with Gasteiger partial charge in [0.15, 0.2) is 0 Å². The Kier molecular flexibility index (Phi) is 4.36. The maximum absolute atomic E-state index is 5.48. The van der Waals surface area contributed by atoms with Crippen LogP contribution in [0.5, 0.6) is 0 Å². The highest BCUT2D eigenvalue weighted by atomic mass is 16.5. The first kappa shape index (κ1) is 13.9. The summed E-state index contributed by atoms with van der Waals surface area (Å²) in [4.78, 5) is 6.70. The lowest BCUT2D eigenvalue weighted by molar-refractivity contribution is 0.0989. The summed E-state index contributed by atoms with van der Waals surface area (Å²) in [7, 11) is 0. The van der Waals surface area contributed by atoms with Gasteiger partial charge in [0.1, 0.15) is 0 Å². The fourth-order valence-electron chi connectivity index (χ4n) is 2.58. The van der Waals surface area contributed by atoms with E-state index in [9.17, 15) is 0 Å². The van der Waals surface area contributed by atoms with Crippen LogP contribution in [0.2, 0.25) is 0 Å². The van der Waals surface area contributed by atoms with Crippen LogP contribution in [0, 0.1) is 0 Å². The van der Waals surface area contributed by atoms with Gasteiger partial charge in [0, 0.05) is 30.2 Å². The number of nitrogens with zero attached hydrogens (tertiary/aromatic N) is 2. The van der Waals surface area contributed by atoms with E-state index >= 15 is 0 Å². The SMILES string of the molecule is CC1COCCN1c1ccc(NCc2ccccn2)cc1. The Balaban J connectivity index is 1.61. The van der Waals surface area contributed by atoms with Gasteiger partial charge < -0.3 is 15.0 Å². The summed E-state index contributed by atoms with van der Waals surface area (Å²) in [6.07, 6.45) is 1.82. The molecule has 1 atom stereocenters. The molecule has 0 amide bonds. The largest absolute Gasteiger partial charge is 0.379 e. The molecule has 1 aliphatic heterocycles. The van der Waals surface area contributed by atoms with Crippen LogP contribution in [0.25, 0.3) is 0 Å². The Bertz CT molecular complexity index is 556. The molecule has 0 spiro atoms. The molecule has 0 bridgehead atoms. The summed E-state index contributed by atoms with van der Waals surface area (Å²) in [6.45, 7) is 5.52. The van der Waals surface area contributed by atoms with Crippen molar-refractivity contribution in [3.05, 3.63) is 54.4 Å². The molecule has 1 unspecified atom stereocenters. The Morgan fingerprint density at radius 1 is 1.24 bits per heavy atom. The van der Waals surface area contributed by atoms with E-state index in [2.05, 4.69) is 46.4 Å². The van der Waals surface area contributed by atoms with Crippen molar-refractivity contribution in [2.24, 2.45) is 0 Å². The van der Waals surface area contributed by atoms with Crippen molar-refractivity contribution in [3.8, 4) is 0 Å². The highest BCUT2D eigenvalue weighted by molar-refractivity contribution is 5.55. The smallest absolute Gasteiger partial charge is 0.0668 e. The molecule has 1 N–H and O–H groups in total. The fraction of sp³-hybridized carbons (Fsp3) is 0.353. The molecule has 21 heavy (non-hydrogen) atoms. The molecule has 0 saturated carbocycles. The highest BCUT2D eigenvalue weighted by Gasteiger charge is 2.18. The molecule has 2 heterocycles. The van der Waals surface area contributed by atoms with Gasteiger partial charge in [-0.25, -0.2) is 0 Å². The number of pyridine rings is 1. The van der Waals surface area contributed by atoms with Crippen molar-refractivity contribution in [2.75, 3.05) is 30.0 Å². The Labute approximate surface area is 125 Å². The predicted octanol–water partition coefficient (Wildman–Crippen LogP) is 2.92. The Morgan fingerprint density at radius 3 is 2.81 bits per heavy atom. The Hall–Kier alpha value is -2.07. The van der Waals surface area contributed by atoms with Crippen LogP contribution in [0.4, 0.5) is 11.4 Å². The molecule has 0 radical (unpaired) electrons. The molecule has 2 aromatic rings. The maximum atomic E-state index is 5.48. The van der Waals surface area contributed by atoms with Crippen molar-refractivity contribution in [3.63, 3.8) is 0 Å². The Morgan fingerprint density at radius 2 is 2.10 bits per heavy atom. The number of hydrogen-bond donors (Lipinski definition) is 1. The number of nitrogens with one attached hydrogen (secondary N) is 1. The van der Waals surface area contributed by atoms with E-state index in [0.717, 1.165) is 37.7 Å². The fourth-order valence-corrected chi connectivity index (χ4v) is 2.58. The van der Waals surface area contributed by atoms with Crippen molar-refractivity contribution in [1.29, 1.82) is 0 Å². The van der Waals surface area contributed by atoms with E-state index in [4.69, 9.17) is 4.74 Å². The van der Waals surface area contributed by atoms with Crippen molar-refractivity contribution >= 4 is 11.4 Å². The molecule has 110 valence electrons. The summed E-state index contributed by atoms with van der Waals surface area (Å²) < 4.78 is 5.48. The van der Waals surface area contributed by atoms with Crippen LogP contribution >= 0.6 is 0 Å². The van der Waals surface area contributed by atoms with E-state index in [1.807, 2.05) is 24.4 Å². The summed E-state index contributed by atoms with van der Waals surface area (Å²) >= 11 is 0. The lowest BCUT2D eigenvalue weighted by Crippen LogP contribution is -2.43. The van der Waals surface area contributed by atoms with Crippen molar-refractivity contribution in [1.82, 2.24) is 4.98 Å². The third kappa shape index (κ3) is 3.52. The minimum Gasteiger partial charge on any atom is -0.379 e. The zero-order valence-corrected chi connectivity index (χ0v) is 12.3. The monoisotopic (exact) mass is 283 g/mol. The second kappa shape index (κ2) is 6.59. The average Bonchev–Trinajstić information content (AvgIpc) is 2.55. The number of aromatic nitrogens is 1. The number of ether oxygens (including phenoxy) is 1. The van der Waals surface area contributed by atoms with Crippen LogP contribution < -0.4 is 10.2 Å². The van der Waals surface area contributed by atoms with Gasteiger partial charge in [0.2, 0.25) is 0 Å². The van der Waals surface area contributed by atoms with E-state index in [-0.39, 0.29) is 0 Å². The van der Waals surface area contributed by atoms with Gasteiger partial charge in [-0.1, -0.05) is 6.07 Å². The number of hydrogen-bond acceptors (Lipinski definition) is 4. The zero-order valence-electron chi connectivity index (χ0n) is 12.3. The van der Waals surface area contributed by atoms with Crippen LogP contribution in [-0.4, -0.2) is 30.8 Å². The molecular weight excluding hydrogens is 262 g/mol. The van der Waals surface area contributed by atoms with E-state index in [0.29, 0.717) is 6.04 Å². The minimum absolute atomic E-state index is 0.436. The predicted molar refractivity (Wildman–Crippen MR) is 85.6 cm³/mol. The van der Waals surface area contributed by atoms with Crippen LogP contribution in [-0.2, 0) is 11.3 Å². The molecule has 1 aliphatic rings. The number of rotatable bonds is 4. The molecule has 3 rings (SSSR count). The molecule has 4 heteroatoms. The van der Waals surface area contributed by atoms with Gasteiger partial charge in [0.25, 0.3) is 0 Å². The summed E-state index contributed by atoms with van der Waals surface area (Å²) in [5.74, 6) is 0. The van der Waals surface area contributed by atoms with Gasteiger partial charge in [-0.05, 0) is 43.3 Å². The highest BCUT2D eigenvalue weighted by Crippen LogP contribution is 2.22. The van der Waals surface area contributed by atoms with Crippen molar-refractivity contribution < 1.29 is 4.74 Å². The van der Waals surface area contributed by atoms with Crippen molar-refractivity contribution in [2.45, 2.75) is 19.5 Å². The summed E-state index contributed by atoms with van der Waals surface area (Å²) in [6, 6.07) is 15.0. The number of anilines is 2. The summed E-state index contributed by atoms with van der Waals surface area (Å²) in [5.41, 5.74) is 3.42. The first-order valence-corrected chi connectivity index (χ1v) is 7.41. The summed E-state index contributed by atoms with van der Waals surface area (Å²) in [5, 5.41) is 3.40. The van der Waals surface area contributed by atoms with E-state index < -0.39 is 0 Å². The number of morpholine rings is 1. The average molecular weight is 283 g/mol. The molecule has 1 aromatic heterocycles. The lowest BCUT2D eigenvalue weighted by atomic mass is 10.2.